The maximum atomic E-state index is 13.1. The summed E-state index contributed by atoms with van der Waals surface area (Å²) in [4.78, 5) is 0. The highest BCUT2D eigenvalue weighted by Crippen LogP contribution is 2.34. The molecule has 1 aromatic carbocycles. The summed E-state index contributed by atoms with van der Waals surface area (Å²) in [5.41, 5.74) is 2.22. The molecule has 1 aliphatic rings. The summed E-state index contributed by atoms with van der Waals surface area (Å²) in [5.74, 6) is 0.483. The van der Waals surface area contributed by atoms with Gasteiger partial charge in [-0.1, -0.05) is 0 Å². The number of hydrogen-bond donors (Lipinski definition) is 2. The summed E-state index contributed by atoms with van der Waals surface area (Å²) < 4.78 is 23.2. The predicted molar refractivity (Wildman–Crippen MR) is 41.1 cm³/mol. The van der Waals surface area contributed by atoms with Crippen LogP contribution in [0.15, 0.2) is 12.1 Å². The molecular weight excluding hydrogens is 177 g/mol. The molecule has 0 saturated heterocycles. The van der Waals surface area contributed by atoms with E-state index in [-0.39, 0.29) is 13.3 Å². The first kappa shape index (κ1) is 8.28. The number of fused-ring (bicyclic) bond motifs is 1. The van der Waals surface area contributed by atoms with Gasteiger partial charge < -0.3 is 14.7 Å². The Labute approximate surface area is 73.8 Å². The molecule has 2 rings (SSSR count). The number of hydrogen-bond acceptors (Lipinski definition) is 4. The zero-order valence-electron chi connectivity index (χ0n) is 6.71. The smallest absolute Gasteiger partial charge is 0.231 e. The van der Waals surface area contributed by atoms with Crippen molar-refractivity contribution in [2.24, 2.45) is 0 Å². The summed E-state index contributed by atoms with van der Waals surface area (Å²) >= 11 is 0. The van der Waals surface area contributed by atoms with Crippen LogP contribution in [0, 0.1) is 5.82 Å². The molecule has 70 valence electrons. The molecule has 1 aliphatic heterocycles. The molecule has 0 amide bonds. The quantitative estimate of drug-likeness (QED) is 0.676. The van der Waals surface area contributed by atoms with Crippen LogP contribution in [0.5, 0.6) is 11.5 Å². The van der Waals surface area contributed by atoms with E-state index in [9.17, 15) is 4.39 Å². The average Bonchev–Trinajstić information content (AvgIpc) is 2.52. The molecule has 1 heterocycles. The van der Waals surface area contributed by atoms with Crippen molar-refractivity contribution in [3.8, 4) is 11.5 Å². The van der Waals surface area contributed by atoms with Gasteiger partial charge in [-0.05, 0) is 6.07 Å². The fraction of sp³-hybridized carbons (Fsp3) is 0.250. The molecule has 0 radical (unpaired) electrons. The van der Waals surface area contributed by atoms with Crippen molar-refractivity contribution in [2.75, 3.05) is 6.79 Å². The van der Waals surface area contributed by atoms with E-state index in [1.807, 2.05) is 5.48 Å². The van der Waals surface area contributed by atoms with Crippen molar-refractivity contribution in [3.05, 3.63) is 23.5 Å². The first-order valence-electron chi connectivity index (χ1n) is 3.76. The van der Waals surface area contributed by atoms with Gasteiger partial charge in [-0.2, -0.15) is 0 Å². The van der Waals surface area contributed by atoms with E-state index in [0.717, 1.165) is 0 Å². The highest BCUT2D eigenvalue weighted by molar-refractivity contribution is 5.45. The lowest BCUT2D eigenvalue weighted by Gasteiger charge is -2.02. The van der Waals surface area contributed by atoms with Crippen molar-refractivity contribution < 1.29 is 19.1 Å². The van der Waals surface area contributed by atoms with E-state index >= 15 is 0 Å². The van der Waals surface area contributed by atoms with Gasteiger partial charge in [0.1, 0.15) is 5.82 Å². The Bertz CT molecular complexity index is 329. The van der Waals surface area contributed by atoms with Crippen LogP contribution in [0.2, 0.25) is 0 Å². The summed E-state index contributed by atoms with van der Waals surface area (Å²) in [6, 6.07) is 2.75. The maximum absolute atomic E-state index is 13.1. The van der Waals surface area contributed by atoms with E-state index in [1.165, 1.54) is 12.1 Å². The zero-order chi connectivity index (χ0) is 9.26. The van der Waals surface area contributed by atoms with Crippen molar-refractivity contribution in [1.29, 1.82) is 0 Å². The second-order valence-electron chi connectivity index (χ2n) is 2.63. The molecule has 0 saturated carbocycles. The minimum absolute atomic E-state index is 0.0441. The number of rotatable bonds is 2. The molecule has 0 unspecified atom stereocenters. The van der Waals surface area contributed by atoms with Gasteiger partial charge in [-0.25, -0.2) is 9.87 Å². The van der Waals surface area contributed by atoms with Gasteiger partial charge in [-0.3, -0.25) is 0 Å². The van der Waals surface area contributed by atoms with Gasteiger partial charge >= 0.3 is 0 Å². The van der Waals surface area contributed by atoms with Gasteiger partial charge in [0, 0.05) is 18.2 Å². The van der Waals surface area contributed by atoms with Crippen molar-refractivity contribution in [1.82, 2.24) is 5.48 Å². The number of hydroxylamine groups is 1. The van der Waals surface area contributed by atoms with Gasteiger partial charge in [0.25, 0.3) is 0 Å². The Kier molecular flexibility index (Phi) is 2.03. The van der Waals surface area contributed by atoms with Crippen molar-refractivity contribution in [3.63, 3.8) is 0 Å². The Hall–Kier alpha value is -1.33. The summed E-state index contributed by atoms with van der Waals surface area (Å²) in [6.07, 6.45) is 0. The molecular formula is C8H8FNO3. The average molecular weight is 185 g/mol. The first-order chi connectivity index (χ1) is 6.31. The summed E-state index contributed by atoms with van der Waals surface area (Å²) in [7, 11) is 0. The van der Waals surface area contributed by atoms with Crippen molar-refractivity contribution >= 4 is 0 Å². The lowest BCUT2D eigenvalue weighted by Crippen LogP contribution is -2.07. The van der Waals surface area contributed by atoms with Crippen LogP contribution < -0.4 is 15.0 Å². The molecule has 13 heavy (non-hydrogen) atoms. The lowest BCUT2D eigenvalue weighted by molar-refractivity contribution is 0.160. The van der Waals surface area contributed by atoms with Gasteiger partial charge in [-0.15, -0.1) is 0 Å². The monoisotopic (exact) mass is 185 g/mol. The Morgan fingerprint density at radius 2 is 2.08 bits per heavy atom. The minimum atomic E-state index is -0.425. The van der Waals surface area contributed by atoms with Gasteiger partial charge in [0.05, 0.1) is 0 Å². The number of halogens is 1. The van der Waals surface area contributed by atoms with E-state index in [1.54, 1.807) is 0 Å². The third-order valence-corrected chi connectivity index (χ3v) is 1.81. The van der Waals surface area contributed by atoms with Gasteiger partial charge in [0.2, 0.25) is 6.79 Å². The lowest BCUT2D eigenvalue weighted by atomic mass is 10.2. The Morgan fingerprint density at radius 1 is 1.38 bits per heavy atom. The highest BCUT2D eigenvalue weighted by atomic mass is 19.1. The normalized spacial score (nSPS) is 13.4. The van der Waals surface area contributed by atoms with Crippen LogP contribution >= 0.6 is 0 Å². The fourth-order valence-electron chi connectivity index (χ4n) is 1.18. The molecule has 0 atom stereocenters. The first-order valence-corrected chi connectivity index (χ1v) is 3.76. The standard InChI is InChI=1S/C8H8FNO3/c9-6-2-8-7(12-4-13-8)1-5(6)3-10-11/h1-2,10-11H,3-4H2. The van der Waals surface area contributed by atoms with E-state index < -0.39 is 5.82 Å². The molecule has 5 heteroatoms. The summed E-state index contributed by atoms with van der Waals surface area (Å²) in [6.45, 7) is 0.160. The minimum Gasteiger partial charge on any atom is -0.454 e. The van der Waals surface area contributed by atoms with E-state index in [4.69, 9.17) is 14.7 Å². The second kappa shape index (κ2) is 3.20. The van der Waals surface area contributed by atoms with Crippen molar-refractivity contribution in [2.45, 2.75) is 6.54 Å². The SMILES string of the molecule is ONCc1cc2c(cc1F)OCO2. The molecule has 0 aromatic heterocycles. The number of ether oxygens (including phenoxy) is 2. The Balaban J connectivity index is 2.37. The van der Waals surface area contributed by atoms with Gasteiger partial charge in [0.15, 0.2) is 11.5 Å². The number of nitrogens with one attached hydrogen (secondary N) is 1. The predicted octanol–water partition coefficient (Wildman–Crippen LogP) is 1.03. The Morgan fingerprint density at radius 3 is 2.77 bits per heavy atom. The van der Waals surface area contributed by atoms with Crippen LogP contribution in [-0.4, -0.2) is 12.0 Å². The molecule has 0 bridgehead atoms. The number of benzene rings is 1. The third kappa shape index (κ3) is 1.43. The van der Waals surface area contributed by atoms with Crippen LogP contribution in [0.3, 0.4) is 0 Å². The zero-order valence-corrected chi connectivity index (χ0v) is 6.71. The van der Waals surface area contributed by atoms with Crippen LogP contribution in [-0.2, 0) is 6.54 Å². The highest BCUT2D eigenvalue weighted by Gasteiger charge is 2.16. The molecule has 0 fully saturated rings. The maximum Gasteiger partial charge on any atom is 0.231 e. The summed E-state index contributed by atoms with van der Waals surface area (Å²) in [5, 5.41) is 8.40. The van der Waals surface area contributed by atoms with E-state index in [2.05, 4.69) is 0 Å². The molecule has 4 nitrogen and oxygen atoms in total. The van der Waals surface area contributed by atoms with Crippen LogP contribution in [0.1, 0.15) is 5.56 Å². The van der Waals surface area contributed by atoms with Crippen LogP contribution in [0.25, 0.3) is 0 Å². The fourth-order valence-corrected chi connectivity index (χ4v) is 1.18. The molecule has 2 N–H and O–H groups in total. The molecule has 0 aliphatic carbocycles. The molecule has 1 aromatic rings. The topological polar surface area (TPSA) is 50.7 Å². The van der Waals surface area contributed by atoms with E-state index in [0.29, 0.717) is 17.1 Å². The second-order valence-corrected chi connectivity index (χ2v) is 2.63. The molecule has 0 spiro atoms. The largest absolute Gasteiger partial charge is 0.454 e. The van der Waals surface area contributed by atoms with Crippen LogP contribution in [0.4, 0.5) is 4.39 Å². The third-order valence-electron chi connectivity index (χ3n) is 1.81.